The fourth-order valence-corrected chi connectivity index (χ4v) is 2.29. The Morgan fingerprint density at radius 2 is 1.54 bits per heavy atom. The lowest BCUT2D eigenvalue weighted by Crippen LogP contribution is -1.99. The van der Waals surface area contributed by atoms with E-state index in [1.807, 2.05) is 6.08 Å². The Bertz CT molecular complexity index is 95.5. The summed E-state index contributed by atoms with van der Waals surface area (Å²) in [7, 11) is 0. The Hall–Kier alpha value is 0.805. The van der Waals surface area contributed by atoms with Crippen LogP contribution in [0, 0.1) is 11.8 Å². The molecule has 0 aromatic carbocycles. The zero-order valence-electron chi connectivity index (χ0n) is 10.1. The first-order valence-corrected chi connectivity index (χ1v) is 8.51. The Kier molecular flexibility index (Phi) is 16.0. The van der Waals surface area contributed by atoms with Crippen LogP contribution in [0.2, 0.25) is 15.8 Å². The molecule has 0 amide bonds. The maximum atomic E-state index is 3.51. The van der Waals surface area contributed by atoms with Gasteiger partial charge in [0.2, 0.25) is 31.5 Å². The van der Waals surface area contributed by atoms with E-state index in [-0.39, 0.29) is 1.43 Å². The van der Waals surface area contributed by atoms with Crippen LogP contribution in [0.1, 0.15) is 29.1 Å². The van der Waals surface area contributed by atoms with Crippen molar-refractivity contribution in [1.82, 2.24) is 0 Å². The van der Waals surface area contributed by atoms with E-state index in [9.17, 15) is 0 Å². The van der Waals surface area contributed by atoms with Gasteiger partial charge in [0.25, 0.3) is 0 Å². The zero-order valence-corrected chi connectivity index (χ0v) is 13.3. The molecule has 77 valence electrons. The third-order valence-corrected chi connectivity index (χ3v) is 4.69. The molecule has 1 radical (unpaired) electrons. The van der Waals surface area contributed by atoms with Crippen molar-refractivity contribution < 1.29 is 1.43 Å². The van der Waals surface area contributed by atoms with Crippen LogP contribution >= 0.6 is 0 Å². The second-order valence-electron chi connectivity index (χ2n) is 4.24. The van der Waals surface area contributed by atoms with Gasteiger partial charge in [-0.2, -0.15) is 0 Å². The van der Waals surface area contributed by atoms with Gasteiger partial charge < -0.3 is 0 Å². The molecular formula is C11H27Al2. The smallest absolute Gasteiger partial charge is 0.105 e. The molecule has 0 aliphatic heterocycles. The Balaban J connectivity index is -0.000000209. The minimum Gasteiger partial charge on any atom is -0.105 e. The molecule has 0 unspecified atom stereocenters. The molecule has 0 heterocycles. The highest BCUT2D eigenvalue weighted by Gasteiger charge is 1.98. The minimum absolute atomic E-state index is 0. The summed E-state index contributed by atoms with van der Waals surface area (Å²) in [5, 5.41) is 4.19. The highest BCUT2D eigenvalue weighted by Crippen LogP contribution is 2.05. The molecular weight excluding hydrogens is 186 g/mol. The topological polar surface area (TPSA) is 0 Å². The number of rotatable bonds is 5. The molecule has 0 aliphatic rings. The van der Waals surface area contributed by atoms with Gasteiger partial charge in [0, 0.05) is 1.43 Å². The molecule has 0 N–H and O–H groups in total. The predicted octanol–water partition coefficient (Wildman–Crippen LogP) is 3.31. The Morgan fingerprint density at radius 3 is 1.69 bits per heavy atom. The average molecular weight is 213 g/mol. The van der Waals surface area contributed by atoms with Crippen molar-refractivity contribution in [2.24, 2.45) is 11.8 Å². The molecule has 0 nitrogen and oxygen atoms in total. The summed E-state index contributed by atoms with van der Waals surface area (Å²) in [5.41, 5.74) is 0. The maximum Gasteiger partial charge on any atom is 0.217 e. The second kappa shape index (κ2) is 12.8. The predicted molar refractivity (Wildman–Crippen MR) is 70.7 cm³/mol. The molecule has 0 bridgehead atoms. The molecule has 0 spiro atoms. The Labute approximate surface area is 101 Å². The van der Waals surface area contributed by atoms with E-state index >= 15 is 0 Å². The van der Waals surface area contributed by atoms with Crippen molar-refractivity contribution in [2.45, 2.75) is 43.5 Å². The third-order valence-electron chi connectivity index (χ3n) is 1.56. The van der Waals surface area contributed by atoms with Gasteiger partial charge in [-0.15, -0.1) is 23.2 Å². The largest absolute Gasteiger partial charge is 0.217 e. The van der Waals surface area contributed by atoms with Crippen LogP contribution in [0.3, 0.4) is 0 Å². The molecule has 0 saturated heterocycles. The van der Waals surface area contributed by atoms with Gasteiger partial charge in [0.05, 0.1) is 0 Å². The zero-order chi connectivity index (χ0) is 10.7. The molecule has 2 heteroatoms. The molecule has 0 aliphatic carbocycles. The van der Waals surface area contributed by atoms with E-state index < -0.39 is 0 Å². The van der Waals surface area contributed by atoms with E-state index in [2.05, 4.69) is 34.3 Å². The highest BCUT2D eigenvalue weighted by molar-refractivity contribution is 6.35. The molecule has 13 heavy (non-hydrogen) atoms. The number of hydrogen-bond donors (Lipinski definition) is 0. The van der Waals surface area contributed by atoms with Gasteiger partial charge in [-0.3, -0.25) is 0 Å². The van der Waals surface area contributed by atoms with Crippen molar-refractivity contribution in [3.63, 3.8) is 0 Å². The van der Waals surface area contributed by atoms with Crippen LogP contribution in [-0.2, 0) is 0 Å². The SMILES string of the molecule is C=C[CH2][AlH2].CC(C)[CH2][Al][CH2]C(C)C.[HH]. The number of allylic oxidation sites excluding steroid dienone is 1. The van der Waals surface area contributed by atoms with Crippen molar-refractivity contribution in [3.8, 4) is 0 Å². The first-order chi connectivity index (χ1) is 6.04. The summed E-state index contributed by atoms with van der Waals surface area (Å²) in [5.74, 6) is 1.86. The standard InChI is InChI=1S/2C4H9.C3H5.2Al.H2.2H/c2*1-4(2)3;1-3-2;;;;;/h2*4H,1H2,2-3H3;3H,1-2H2;;;1H;;. The highest BCUT2D eigenvalue weighted by atomic mass is 27.1. The fourth-order valence-electron chi connectivity index (χ4n) is 0.763. The lowest BCUT2D eigenvalue weighted by molar-refractivity contribution is 0.700. The van der Waals surface area contributed by atoms with Crippen molar-refractivity contribution in [2.75, 3.05) is 0 Å². The van der Waals surface area contributed by atoms with Gasteiger partial charge in [-0.05, 0) is 0 Å². The molecule has 0 aromatic rings. The van der Waals surface area contributed by atoms with Crippen LogP contribution in [0.15, 0.2) is 12.7 Å². The molecule has 0 rings (SSSR count). The van der Waals surface area contributed by atoms with E-state index in [4.69, 9.17) is 0 Å². The average Bonchev–Trinajstić information content (AvgIpc) is 2.03. The molecule has 0 saturated carbocycles. The first-order valence-electron chi connectivity index (χ1n) is 5.47. The second-order valence-corrected chi connectivity index (χ2v) is 6.58. The van der Waals surface area contributed by atoms with Crippen LogP contribution in [-0.4, -0.2) is 31.5 Å². The molecule has 0 fully saturated rings. The molecule has 0 atom stereocenters. The lowest BCUT2D eigenvalue weighted by atomic mass is 10.3. The van der Waals surface area contributed by atoms with Crippen LogP contribution in [0.4, 0.5) is 0 Å². The Morgan fingerprint density at radius 1 is 1.23 bits per heavy atom. The summed E-state index contributed by atoms with van der Waals surface area (Å²) in [6.45, 7) is 12.8. The third kappa shape index (κ3) is 24.5. The quantitative estimate of drug-likeness (QED) is 0.485. The summed E-state index contributed by atoms with van der Waals surface area (Å²) in [6, 6.07) is 0. The van der Waals surface area contributed by atoms with E-state index in [1.54, 1.807) is 0 Å². The first kappa shape index (κ1) is 16.2. The van der Waals surface area contributed by atoms with Crippen LogP contribution < -0.4 is 0 Å². The van der Waals surface area contributed by atoms with Crippen molar-refractivity contribution in [1.29, 1.82) is 0 Å². The summed E-state index contributed by atoms with van der Waals surface area (Å²) in [6.07, 6.45) is 1.94. The lowest BCUT2D eigenvalue weighted by Gasteiger charge is -2.03. The van der Waals surface area contributed by atoms with Gasteiger partial charge in [0.15, 0.2) is 0 Å². The van der Waals surface area contributed by atoms with Crippen LogP contribution in [0.25, 0.3) is 0 Å². The van der Waals surface area contributed by atoms with Gasteiger partial charge in [-0.1, -0.05) is 44.8 Å². The molecule has 0 aromatic heterocycles. The monoisotopic (exact) mass is 213 g/mol. The minimum atomic E-state index is 0. The summed E-state index contributed by atoms with van der Waals surface area (Å²) in [4.78, 5) is 0. The van der Waals surface area contributed by atoms with Crippen LogP contribution in [0.5, 0.6) is 0 Å². The summed E-state index contributed by atoms with van der Waals surface area (Å²) < 4.78 is 0. The van der Waals surface area contributed by atoms with Gasteiger partial charge in [0.1, 0.15) is 0 Å². The fraction of sp³-hybridized carbons (Fsp3) is 0.818. The van der Waals surface area contributed by atoms with E-state index in [0.717, 1.165) is 27.1 Å². The normalized spacial score (nSPS) is 9.38. The van der Waals surface area contributed by atoms with E-state index in [0.29, 0.717) is 0 Å². The van der Waals surface area contributed by atoms with Gasteiger partial charge in [-0.25, -0.2) is 0 Å². The van der Waals surface area contributed by atoms with Crippen molar-refractivity contribution >= 4 is 31.5 Å². The van der Waals surface area contributed by atoms with Gasteiger partial charge >= 0.3 is 0 Å². The maximum absolute atomic E-state index is 3.51. The number of hydrogen-bond acceptors (Lipinski definition) is 0. The summed E-state index contributed by atoms with van der Waals surface area (Å²) >= 11 is 2.03. The van der Waals surface area contributed by atoms with Crippen molar-refractivity contribution in [3.05, 3.63) is 12.7 Å². The van der Waals surface area contributed by atoms with E-state index in [1.165, 1.54) is 32.1 Å².